The van der Waals surface area contributed by atoms with Gasteiger partial charge in [-0.25, -0.2) is 0 Å². The van der Waals surface area contributed by atoms with E-state index in [4.69, 9.17) is 4.74 Å². The molecule has 0 bridgehead atoms. The van der Waals surface area contributed by atoms with Gasteiger partial charge in [0, 0.05) is 37.7 Å². The fourth-order valence-electron chi connectivity index (χ4n) is 2.34. The zero-order valence-electron chi connectivity index (χ0n) is 10.3. The van der Waals surface area contributed by atoms with Gasteiger partial charge in [-0.2, -0.15) is 0 Å². The molecule has 0 saturated carbocycles. The Morgan fingerprint density at radius 3 is 2.59 bits per heavy atom. The average molecular weight is 236 g/mol. The number of hydrogen-bond acceptors (Lipinski definition) is 4. The number of aliphatic hydroxyl groups is 1. The monoisotopic (exact) mass is 236 g/mol. The highest BCUT2D eigenvalue weighted by molar-refractivity contribution is 5.10. The van der Waals surface area contributed by atoms with Crippen LogP contribution in [0.15, 0.2) is 24.5 Å². The summed E-state index contributed by atoms with van der Waals surface area (Å²) in [5.41, 5.74) is 1.10. The van der Waals surface area contributed by atoms with Crippen LogP contribution in [0.4, 0.5) is 0 Å². The van der Waals surface area contributed by atoms with Crippen molar-refractivity contribution in [2.45, 2.75) is 24.9 Å². The molecule has 0 atom stereocenters. The fourth-order valence-corrected chi connectivity index (χ4v) is 2.34. The Morgan fingerprint density at radius 2 is 2.00 bits per heavy atom. The third-order valence-corrected chi connectivity index (χ3v) is 3.70. The van der Waals surface area contributed by atoms with E-state index in [9.17, 15) is 5.11 Å². The van der Waals surface area contributed by atoms with Gasteiger partial charge in [0.15, 0.2) is 0 Å². The molecule has 2 rings (SSSR count). The van der Waals surface area contributed by atoms with Gasteiger partial charge in [-0.15, -0.1) is 0 Å². The summed E-state index contributed by atoms with van der Waals surface area (Å²) in [6.45, 7) is 2.50. The summed E-state index contributed by atoms with van der Waals surface area (Å²) in [5.74, 6) is 0. The highest BCUT2D eigenvalue weighted by Gasteiger charge is 2.35. The lowest BCUT2D eigenvalue weighted by atomic mass is 9.89. The Balaban J connectivity index is 2.04. The molecule has 1 fully saturated rings. The van der Waals surface area contributed by atoms with Gasteiger partial charge < -0.3 is 9.84 Å². The summed E-state index contributed by atoms with van der Waals surface area (Å²) in [6.07, 6.45) is 5.40. The Bertz CT molecular complexity index is 337. The predicted molar refractivity (Wildman–Crippen MR) is 65.6 cm³/mol. The number of pyridine rings is 1. The second kappa shape index (κ2) is 5.58. The molecular weight excluding hydrogens is 216 g/mol. The Hall–Kier alpha value is -0.970. The van der Waals surface area contributed by atoms with Crippen molar-refractivity contribution >= 4 is 0 Å². The van der Waals surface area contributed by atoms with Crippen LogP contribution in [0.3, 0.4) is 0 Å². The molecule has 1 aliphatic heterocycles. The molecule has 1 saturated heterocycles. The first kappa shape index (κ1) is 12.5. The molecule has 0 unspecified atom stereocenters. The molecule has 4 nitrogen and oxygen atoms in total. The smallest absolute Gasteiger partial charge is 0.0617 e. The minimum Gasteiger partial charge on any atom is -0.394 e. The van der Waals surface area contributed by atoms with E-state index in [0.717, 1.165) is 32.6 Å². The van der Waals surface area contributed by atoms with Crippen molar-refractivity contribution in [1.82, 2.24) is 9.88 Å². The Morgan fingerprint density at radius 1 is 1.35 bits per heavy atom. The van der Waals surface area contributed by atoms with Gasteiger partial charge in [-0.3, -0.25) is 9.88 Å². The number of ether oxygens (including phenoxy) is 1. The summed E-state index contributed by atoms with van der Waals surface area (Å²) >= 11 is 0. The molecule has 1 aromatic rings. The quantitative estimate of drug-likeness (QED) is 0.849. The van der Waals surface area contributed by atoms with Crippen LogP contribution in [0.5, 0.6) is 0 Å². The van der Waals surface area contributed by atoms with E-state index >= 15 is 0 Å². The maximum Gasteiger partial charge on any atom is 0.0617 e. The van der Waals surface area contributed by atoms with Crippen molar-refractivity contribution in [3.63, 3.8) is 0 Å². The molecule has 94 valence electrons. The average Bonchev–Trinajstić information content (AvgIpc) is 2.40. The van der Waals surface area contributed by atoms with E-state index in [1.165, 1.54) is 5.56 Å². The third kappa shape index (κ3) is 2.83. The van der Waals surface area contributed by atoms with E-state index in [0.29, 0.717) is 0 Å². The van der Waals surface area contributed by atoms with E-state index in [2.05, 4.69) is 16.9 Å². The normalized spacial score (nSPS) is 19.5. The molecular formula is C13H20N2O2. The second-order valence-corrected chi connectivity index (χ2v) is 4.71. The van der Waals surface area contributed by atoms with Crippen molar-refractivity contribution in [2.24, 2.45) is 0 Å². The number of hydrogen-bond donors (Lipinski definition) is 1. The highest BCUT2D eigenvalue weighted by atomic mass is 16.5. The molecule has 4 heteroatoms. The third-order valence-electron chi connectivity index (χ3n) is 3.70. The van der Waals surface area contributed by atoms with E-state index in [-0.39, 0.29) is 12.1 Å². The molecule has 1 aliphatic rings. The maximum absolute atomic E-state index is 9.68. The van der Waals surface area contributed by atoms with Crippen molar-refractivity contribution in [2.75, 3.05) is 26.9 Å². The van der Waals surface area contributed by atoms with Gasteiger partial charge in [-0.1, -0.05) is 0 Å². The predicted octanol–water partition coefficient (Wildman–Crippen LogP) is 1.05. The van der Waals surface area contributed by atoms with Crippen LogP contribution in [0.25, 0.3) is 0 Å². The molecule has 0 radical (unpaired) electrons. The van der Waals surface area contributed by atoms with Gasteiger partial charge in [0.2, 0.25) is 0 Å². The van der Waals surface area contributed by atoms with Crippen molar-refractivity contribution < 1.29 is 9.84 Å². The van der Waals surface area contributed by atoms with Crippen LogP contribution in [0.2, 0.25) is 0 Å². The van der Waals surface area contributed by atoms with Gasteiger partial charge in [0.05, 0.1) is 6.61 Å². The molecule has 1 aromatic heterocycles. The number of nitrogens with zero attached hydrogens (tertiary/aromatic N) is 2. The lowest BCUT2D eigenvalue weighted by Gasteiger charge is -2.43. The SMILES string of the molecule is CN(Cc1ccncc1)C1(CO)CCOCC1. The summed E-state index contributed by atoms with van der Waals surface area (Å²) in [5, 5.41) is 9.68. The molecule has 0 aliphatic carbocycles. The van der Waals surface area contributed by atoms with Crippen molar-refractivity contribution in [3.05, 3.63) is 30.1 Å². The zero-order valence-corrected chi connectivity index (χ0v) is 10.3. The van der Waals surface area contributed by atoms with Crippen LogP contribution < -0.4 is 0 Å². The maximum atomic E-state index is 9.68. The minimum atomic E-state index is -0.123. The van der Waals surface area contributed by atoms with E-state index in [1.54, 1.807) is 12.4 Å². The first-order valence-corrected chi connectivity index (χ1v) is 6.06. The number of rotatable bonds is 4. The molecule has 17 heavy (non-hydrogen) atoms. The molecule has 2 heterocycles. The highest BCUT2D eigenvalue weighted by Crippen LogP contribution is 2.27. The Kier molecular flexibility index (Phi) is 4.10. The lowest BCUT2D eigenvalue weighted by Crippen LogP contribution is -2.52. The van der Waals surface area contributed by atoms with Gasteiger partial charge >= 0.3 is 0 Å². The molecule has 0 amide bonds. The summed E-state index contributed by atoms with van der Waals surface area (Å²) in [7, 11) is 2.07. The fraction of sp³-hybridized carbons (Fsp3) is 0.615. The number of aromatic nitrogens is 1. The van der Waals surface area contributed by atoms with E-state index in [1.807, 2.05) is 12.1 Å². The molecule has 0 spiro atoms. The van der Waals surface area contributed by atoms with Crippen LogP contribution >= 0.6 is 0 Å². The van der Waals surface area contributed by atoms with Crippen LogP contribution in [0.1, 0.15) is 18.4 Å². The first-order chi connectivity index (χ1) is 8.27. The molecule has 1 N–H and O–H groups in total. The van der Waals surface area contributed by atoms with Crippen LogP contribution in [0, 0.1) is 0 Å². The van der Waals surface area contributed by atoms with E-state index < -0.39 is 0 Å². The second-order valence-electron chi connectivity index (χ2n) is 4.71. The number of likely N-dealkylation sites (N-methyl/N-ethyl adjacent to an activating group) is 1. The Labute approximate surface area is 102 Å². The standard InChI is InChI=1S/C13H20N2O2/c1-15(10-12-2-6-14-7-3-12)13(11-16)4-8-17-9-5-13/h2-3,6-7,16H,4-5,8-11H2,1H3. The summed E-state index contributed by atoms with van der Waals surface area (Å²) < 4.78 is 5.38. The minimum absolute atomic E-state index is 0.123. The number of aliphatic hydroxyl groups excluding tert-OH is 1. The largest absolute Gasteiger partial charge is 0.394 e. The van der Waals surface area contributed by atoms with Gasteiger partial charge in [0.1, 0.15) is 0 Å². The zero-order chi connectivity index (χ0) is 12.1. The molecule has 0 aromatic carbocycles. The van der Waals surface area contributed by atoms with Crippen molar-refractivity contribution in [1.29, 1.82) is 0 Å². The first-order valence-electron chi connectivity index (χ1n) is 6.06. The summed E-state index contributed by atoms with van der Waals surface area (Å²) in [6, 6.07) is 4.03. The van der Waals surface area contributed by atoms with Gasteiger partial charge in [0.25, 0.3) is 0 Å². The topological polar surface area (TPSA) is 45.6 Å². The van der Waals surface area contributed by atoms with Gasteiger partial charge in [-0.05, 0) is 37.6 Å². The van der Waals surface area contributed by atoms with Crippen LogP contribution in [-0.4, -0.2) is 47.4 Å². The summed E-state index contributed by atoms with van der Waals surface area (Å²) in [4.78, 5) is 6.26. The van der Waals surface area contributed by atoms with Crippen molar-refractivity contribution in [3.8, 4) is 0 Å². The lowest BCUT2D eigenvalue weighted by molar-refractivity contribution is -0.0493. The van der Waals surface area contributed by atoms with Crippen LogP contribution in [-0.2, 0) is 11.3 Å².